The van der Waals surface area contributed by atoms with Crippen LogP contribution < -0.4 is 11.3 Å². The third-order valence-electron chi connectivity index (χ3n) is 1.68. The lowest BCUT2D eigenvalue weighted by molar-refractivity contribution is 0.0335. The van der Waals surface area contributed by atoms with Gasteiger partial charge in [-0.2, -0.15) is 0 Å². The molecule has 3 atom stereocenters. The van der Waals surface area contributed by atoms with Crippen LogP contribution >= 0.6 is 0 Å². The zero-order chi connectivity index (χ0) is 7.56. The third kappa shape index (κ3) is 1.49. The number of nitrogens with one attached hydrogen (secondary N) is 1. The molecule has 2 radical (unpaired) electrons. The Morgan fingerprint density at radius 3 is 2.90 bits per heavy atom. The van der Waals surface area contributed by atoms with Gasteiger partial charge in [-0.25, -0.2) is 0 Å². The zero-order valence-electron chi connectivity index (χ0n) is 5.66. The molecule has 0 aromatic heterocycles. The van der Waals surface area contributed by atoms with E-state index in [1.54, 1.807) is 0 Å². The van der Waals surface area contributed by atoms with E-state index in [4.69, 9.17) is 23.5 Å². The van der Waals surface area contributed by atoms with Crippen molar-refractivity contribution in [2.45, 2.75) is 24.6 Å². The Balaban J connectivity index is 2.41. The third-order valence-corrected chi connectivity index (χ3v) is 1.68. The van der Waals surface area contributed by atoms with Gasteiger partial charge in [-0.15, -0.1) is 0 Å². The first-order chi connectivity index (χ1) is 4.77. The number of hydrogen-bond donors (Lipinski definition) is 3. The van der Waals surface area contributed by atoms with Crippen LogP contribution in [0.3, 0.4) is 0 Å². The number of hydrazine groups is 1. The fraction of sp³-hybridized carbons (Fsp3) is 1.00. The summed E-state index contributed by atoms with van der Waals surface area (Å²) < 4.78 is 5.10. The second-order valence-electron chi connectivity index (χ2n) is 2.40. The van der Waals surface area contributed by atoms with Crippen LogP contribution in [0.25, 0.3) is 0 Å². The number of rotatable bonds is 2. The second-order valence-corrected chi connectivity index (χ2v) is 2.40. The maximum Gasteiger partial charge on any atom is 0.109 e. The highest BCUT2D eigenvalue weighted by atomic mass is 16.5. The van der Waals surface area contributed by atoms with Gasteiger partial charge < -0.3 is 9.84 Å². The molecule has 1 aliphatic heterocycles. The van der Waals surface area contributed by atoms with Crippen molar-refractivity contribution in [2.75, 3.05) is 6.61 Å². The van der Waals surface area contributed by atoms with Gasteiger partial charge in [0, 0.05) is 6.00 Å². The van der Waals surface area contributed by atoms with Crippen LogP contribution in [-0.4, -0.2) is 37.7 Å². The number of ether oxygens (including phenoxy) is 1. The Morgan fingerprint density at radius 2 is 2.50 bits per heavy atom. The summed E-state index contributed by atoms with van der Waals surface area (Å²) >= 11 is 0. The van der Waals surface area contributed by atoms with Gasteiger partial charge in [-0.3, -0.25) is 11.3 Å². The predicted octanol–water partition coefficient (Wildman–Crippen LogP) is -1.91. The molecular weight excluding hydrogens is 131 g/mol. The molecule has 0 spiro atoms. The summed E-state index contributed by atoms with van der Waals surface area (Å²) in [6, 6.07) is -0.307. The van der Waals surface area contributed by atoms with Crippen molar-refractivity contribution < 1.29 is 9.84 Å². The topological polar surface area (TPSA) is 67.5 Å². The van der Waals surface area contributed by atoms with Crippen molar-refractivity contribution in [1.82, 2.24) is 5.43 Å². The van der Waals surface area contributed by atoms with E-state index in [2.05, 4.69) is 5.43 Å². The van der Waals surface area contributed by atoms with E-state index in [1.165, 1.54) is 0 Å². The summed E-state index contributed by atoms with van der Waals surface area (Å²) in [4.78, 5) is 0. The highest BCUT2D eigenvalue weighted by Crippen LogP contribution is 2.16. The molecule has 0 aromatic carbocycles. The maximum absolute atomic E-state index is 8.71. The molecule has 10 heavy (non-hydrogen) atoms. The van der Waals surface area contributed by atoms with Gasteiger partial charge in [0.1, 0.15) is 7.85 Å². The molecule has 56 valence electrons. The van der Waals surface area contributed by atoms with E-state index in [0.717, 1.165) is 0 Å². The van der Waals surface area contributed by atoms with Crippen molar-refractivity contribution >= 4 is 7.85 Å². The molecule has 4 nitrogen and oxygen atoms in total. The Morgan fingerprint density at radius 1 is 1.80 bits per heavy atom. The fourth-order valence-electron chi connectivity index (χ4n) is 1.12. The first kappa shape index (κ1) is 8.01. The molecular formula is C5H11BN2O2. The zero-order valence-corrected chi connectivity index (χ0v) is 5.66. The molecule has 1 rings (SSSR count). The highest BCUT2D eigenvalue weighted by molar-refractivity contribution is 6.11. The lowest BCUT2D eigenvalue weighted by Crippen LogP contribution is -2.42. The average molecular weight is 142 g/mol. The molecule has 5 heteroatoms. The summed E-state index contributed by atoms with van der Waals surface area (Å²) in [6.45, 7) is -0.0391. The van der Waals surface area contributed by atoms with Crippen molar-refractivity contribution in [1.29, 1.82) is 0 Å². The Kier molecular flexibility index (Phi) is 2.68. The van der Waals surface area contributed by atoms with E-state index in [-0.39, 0.29) is 24.8 Å². The number of hydrogen-bond acceptors (Lipinski definition) is 4. The van der Waals surface area contributed by atoms with Crippen molar-refractivity contribution in [3.05, 3.63) is 0 Å². The minimum Gasteiger partial charge on any atom is -0.394 e. The van der Waals surface area contributed by atoms with Crippen LogP contribution in [0.15, 0.2) is 0 Å². The summed E-state index contributed by atoms with van der Waals surface area (Å²) in [5, 5.41) is 8.71. The van der Waals surface area contributed by atoms with Crippen molar-refractivity contribution in [2.24, 2.45) is 5.84 Å². The molecule has 0 bridgehead atoms. The number of aliphatic hydroxyl groups excluding tert-OH is 1. The smallest absolute Gasteiger partial charge is 0.109 e. The van der Waals surface area contributed by atoms with Crippen LogP contribution in [-0.2, 0) is 4.74 Å². The highest BCUT2D eigenvalue weighted by Gasteiger charge is 2.30. The Bertz CT molecular complexity index is 102. The van der Waals surface area contributed by atoms with Gasteiger partial charge in [-0.05, 0) is 6.42 Å². The van der Waals surface area contributed by atoms with Crippen LogP contribution in [0.5, 0.6) is 0 Å². The van der Waals surface area contributed by atoms with Gasteiger partial charge in [0.2, 0.25) is 0 Å². The van der Waals surface area contributed by atoms with E-state index in [9.17, 15) is 0 Å². The van der Waals surface area contributed by atoms with E-state index >= 15 is 0 Å². The van der Waals surface area contributed by atoms with Gasteiger partial charge in [0.15, 0.2) is 0 Å². The second kappa shape index (κ2) is 3.34. The summed E-state index contributed by atoms with van der Waals surface area (Å²) in [5.41, 5.74) is 2.53. The maximum atomic E-state index is 8.71. The quantitative estimate of drug-likeness (QED) is 0.239. The molecule has 0 amide bonds. The Labute approximate surface area is 61.1 Å². The molecule has 1 heterocycles. The van der Waals surface area contributed by atoms with Crippen molar-refractivity contribution in [3.8, 4) is 0 Å². The molecule has 4 N–H and O–H groups in total. The molecule has 0 aliphatic carbocycles. The Hall–Kier alpha value is -0.0951. The molecule has 0 aromatic rings. The fourth-order valence-corrected chi connectivity index (χ4v) is 1.12. The molecule has 1 saturated heterocycles. The lowest BCUT2D eigenvalue weighted by atomic mass is 9.95. The minimum absolute atomic E-state index is 0.0139. The SMILES string of the molecule is [B][C@H]1CC(NN)[C@@H](CO)O1. The summed E-state index contributed by atoms with van der Waals surface area (Å²) in [5.74, 6) is 5.17. The van der Waals surface area contributed by atoms with E-state index in [1.807, 2.05) is 0 Å². The number of nitrogens with two attached hydrogens (primary N) is 1. The van der Waals surface area contributed by atoms with Crippen LogP contribution in [0.2, 0.25) is 0 Å². The molecule has 0 saturated carbocycles. The van der Waals surface area contributed by atoms with Crippen LogP contribution in [0, 0.1) is 0 Å². The first-order valence-electron chi connectivity index (χ1n) is 3.26. The van der Waals surface area contributed by atoms with Gasteiger partial charge >= 0.3 is 0 Å². The normalized spacial score (nSPS) is 40.4. The first-order valence-corrected chi connectivity index (χ1v) is 3.26. The van der Waals surface area contributed by atoms with Crippen molar-refractivity contribution in [3.63, 3.8) is 0 Å². The van der Waals surface area contributed by atoms with Gasteiger partial charge in [-0.1, -0.05) is 0 Å². The van der Waals surface area contributed by atoms with E-state index < -0.39 is 0 Å². The average Bonchev–Trinajstić information content (AvgIpc) is 2.30. The minimum atomic E-state index is -0.293. The standard InChI is InChI=1S/C5H11BN2O2/c6-5-1-3(8-7)4(2-9)10-5/h3-5,8-9H,1-2,7H2/t3?,4-,5-/m1/s1. The predicted molar refractivity (Wildman–Crippen MR) is 37.2 cm³/mol. The van der Waals surface area contributed by atoms with E-state index in [0.29, 0.717) is 6.42 Å². The molecule has 1 fully saturated rings. The monoisotopic (exact) mass is 142 g/mol. The number of aliphatic hydroxyl groups is 1. The molecule has 1 unspecified atom stereocenters. The van der Waals surface area contributed by atoms with Crippen LogP contribution in [0.4, 0.5) is 0 Å². The van der Waals surface area contributed by atoms with Gasteiger partial charge in [0.05, 0.1) is 18.8 Å². The summed E-state index contributed by atoms with van der Waals surface area (Å²) in [7, 11) is 5.44. The lowest BCUT2D eigenvalue weighted by Gasteiger charge is -2.13. The van der Waals surface area contributed by atoms with Crippen LogP contribution in [0.1, 0.15) is 6.42 Å². The largest absolute Gasteiger partial charge is 0.394 e. The molecule has 1 aliphatic rings. The summed E-state index contributed by atoms with van der Waals surface area (Å²) in [6.07, 6.45) is 0.404. The van der Waals surface area contributed by atoms with Gasteiger partial charge in [0.25, 0.3) is 0 Å².